The maximum Gasteiger partial charge on any atom is 0.416 e. The van der Waals surface area contributed by atoms with E-state index in [1.165, 1.54) is 6.07 Å². The van der Waals surface area contributed by atoms with Gasteiger partial charge in [-0.05, 0) is 18.2 Å². The van der Waals surface area contributed by atoms with Gasteiger partial charge < -0.3 is 5.21 Å². The largest absolute Gasteiger partial charge is 0.416 e. The molecule has 1 aromatic carbocycles. The fraction of sp³-hybridized carbons (Fsp3) is 0.125. The first kappa shape index (κ1) is 12.3. The van der Waals surface area contributed by atoms with Crippen molar-refractivity contribution in [2.75, 3.05) is 0 Å². The Morgan fingerprint density at radius 1 is 1.33 bits per heavy atom. The second kappa shape index (κ2) is 4.40. The Bertz CT molecular complexity index is 405. The van der Waals surface area contributed by atoms with Crippen LogP contribution < -0.4 is 0 Å². The lowest BCUT2D eigenvalue weighted by molar-refractivity contribution is -0.137. The van der Waals surface area contributed by atoms with Crippen LogP contribution in [0.25, 0.3) is 0 Å². The van der Waals surface area contributed by atoms with Crippen molar-refractivity contribution in [2.24, 2.45) is 5.16 Å². The molecule has 0 atom stereocenters. The zero-order chi connectivity index (χ0) is 11.6. The molecule has 82 valence electrons. The average molecular weight is 302 g/mol. The lowest BCUT2D eigenvalue weighted by atomic mass is 10.1. The summed E-state index contributed by atoms with van der Waals surface area (Å²) in [6, 6.07) is 3.02. The molecule has 2 nitrogen and oxygen atoms in total. The third kappa shape index (κ3) is 3.10. The first-order chi connectivity index (χ1) is 6.84. The summed E-state index contributed by atoms with van der Waals surface area (Å²) in [4.78, 5) is 0. The summed E-state index contributed by atoms with van der Waals surface area (Å²) in [5, 5.41) is 10.5. The van der Waals surface area contributed by atoms with Crippen LogP contribution in [-0.4, -0.2) is 10.4 Å². The third-order valence-corrected chi connectivity index (χ3v) is 2.30. The second-order valence-corrected chi connectivity index (χ2v) is 3.89. The van der Waals surface area contributed by atoms with Gasteiger partial charge in [-0.25, -0.2) is 0 Å². The van der Waals surface area contributed by atoms with Gasteiger partial charge in [-0.15, -0.1) is 0 Å². The number of nitrogens with zero attached hydrogens (tertiary/aromatic N) is 1. The van der Waals surface area contributed by atoms with Crippen LogP contribution in [0.3, 0.4) is 0 Å². The van der Waals surface area contributed by atoms with E-state index in [0.29, 0.717) is 0 Å². The van der Waals surface area contributed by atoms with Crippen LogP contribution in [0.5, 0.6) is 0 Å². The fourth-order valence-electron chi connectivity index (χ4n) is 0.930. The highest BCUT2D eigenvalue weighted by molar-refractivity contribution is 9.10. The summed E-state index contributed by atoms with van der Waals surface area (Å²) >= 11 is 8.30. The molecule has 15 heavy (non-hydrogen) atoms. The van der Waals surface area contributed by atoms with Gasteiger partial charge >= 0.3 is 6.18 Å². The zero-order valence-corrected chi connectivity index (χ0v) is 9.36. The van der Waals surface area contributed by atoms with Crippen LogP contribution in [0.2, 0.25) is 0 Å². The van der Waals surface area contributed by atoms with Crippen molar-refractivity contribution in [3.63, 3.8) is 0 Å². The lowest BCUT2D eigenvalue weighted by Crippen LogP contribution is -2.06. The zero-order valence-electron chi connectivity index (χ0n) is 7.02. The number of hydrogen-bond acceptors (Lipinski definition) is 2. The molecular weight excluding hydrogens is 298 g/mol. The van der Waals surface area contributed by atoms with Gasteiger partial charge in [0.1, 0.15) is 0 Å². The van der Waals surface area contributed by atoms with Gasteiger partial charge in [0.15, 0.2) is 5.17 Å². The van der Waals surface area contributed by atoms with Crippen LogP contribution in [0.15, 0.2) is 27.8 Å². The van der Waals surface area contributed by atoms with E-state index in [4.69, 9.17) is 16.8 Å². The lowest BCUT2D eigenvalue weighted by Gasteiger charge is -2.08. The third-order valence-electron chi connectivity index (χ3n) is 1.55. The van der Waals surface area contributed by atoms with E-state index in [0.717, 1.165) is 12.1 Å². The number of benzene rings is 1. The minimum atomic E-state index is -4.47. The van der Waals surface area contributed by atoms with E-state index >= 15 is 0 Å². The van der Waals surface area contributed by atoms with Crippen LogP contribution in [0, 0.1) is 0 Å². The predicted molar refractivity (Wildman–Crippen MR) is 53.3 cm³/mol. The molecule has 0 aliphatic rings. The molecule has 0 aliphatic heterocycles. The van der Waals surface area contributed by atoms with E-state index in [9.17, 15) is 13.2 Å². The molecule has 0 aromatic heterocycles. The van der Waals surface area contributed by atoms with E-state index in [1.54, 1.807) is 0 Å². The number of alkyl halides is 3. The Hall–Kier alpha value is -0.750. The molecule has 0 bridgehead atoms. The standard InChI is InChI=1S/C8H4BrClF3NO/c9-6-2-4(7(10)14-15)1-5(3-6)8(11,12)13/h1-3,15H. The Balaban J connectivity index is 3.29. The topological polar surface area (TPSA) is 32.6 Å². The highest BCUT2D eigenvalue weighted by Gasteiger charge is 2.31. The van der Waals surface area contributed by atoms with E-state index in [-0.39, 0.29) is 10.0 Å². The van der Waals surface area contributed by atoms with Gasteiger partial charge in [0.25, 0.3) is 0 Å². The Labute approximate surface area is 96.5 Å². The Kier molecular flexibility index (Phi) is 3.62. The molecule has 0 unspecified atom stereocenters. The number of oxime groups is 1. The summed E-state index contributed by atoms with van der Waals surface area (Å²) in [5.74, 6) is 0. The Morgan fingerprint density at radius 2 is 1.93 bits per heavy atom. The first-order valence-electron chi connectivity index (χ1n) is 3.60. The van der Waals surface area contributed by atoms with Crippen molar-refractivity contribution in [3.8, 4) is 0 Å². The summed E-state index contributed by atoms with van der Waals surface area (Å²) in [7, 11) is 0. The van der Waals surface area contributed by atoms with Gasteiger partial charge in [0, 0.05) is 10.0 Å². The normalized spacial score (nSPS) is 13.0. The second-order valence-electron chi connectivity index (χ2n) is 2.62. The molecule has 1 rings (SSSR count). The SMILES string of the molecule is ON=C(Cl)c1cc(Br)cc(C(F)(F)F)c1. The van der Waals surface area contributed by atoms with Crippen LogP contribution >= 0.6 is 27.5 Å². The monoisotopic (exact) mass is 301 g/mol. The smallest absolute Gasteiger partial charge is 0.410 e. The number of rotatable bonds is 1. The molecular formula is C8H4BrClF3NO. The van der Waals surface area contributed by atoms with Crippen molar-refractivity contribution < 1.29 is 18.4 Å². The molecule has 0 fully saturated rings. The van der Waals surface area contributed by atoms with Crippen molar-refractivity contribution in [1.29, 1.82) is 0 Å². The highest BCUT2D eigenvalue weighted by atomic mass is 79.9. The molecule has 0 saturated heterocycles. The van der Waals surface area contributed by atoms with Gasteiger partial charge in [-0.1, -0.05) is 32.7 Å². The van der Waals surface area contributed by atoms with E-state index in [1.807, 2.05) is 0 Å². The maximum atomic E-state index is 12.3. The van der Waals surface area contributed by atoms with Crippen LogP contribution in [0.1, 0.15) is 11.1 Å². The minimum absolute atomic E-state index is 0.0131. The molecule has 0 spiro atoms. The maximum absolute atomic E-state index is 12.3. The molecule has 1 aromatic rings. The van der Waals surface area contributed by atoms with Crippen LogP contribution in [0.4, 0.5) is 13.2 Å². The van der Waals surface area contributed by atoms with E-state index in [2.05, 4.69) is 21.1 Å². The molecule has 0 saturated carbocycles. The predicted octanol–water partition coefficient (Wildman–Crippen LogP) is 3.84. The summed E-state index contributed by atoms with van der Waals surface area (Å²) < 4.78 is 37.2. The van der Waals surface area contributed by atoms with Crippen molar-refractivity contribution in [2.45, 2.75) is 6.18 Å². The van der Waals surface area contributed by atoms with Crippen molar-refractivity contribution in [3.05, 3.63) is 33.8 Å². The summed E-state index contributed by atoms with van der Waals surface area (Å²) in [6.45, 7) is 0. The van der Waals surface area contributed by atoms with E-state index < -0.39 is 16.9 Å². The number of hydrogen-bond donors (Lipinski definition) is 1. The van der Waals surface area contributed by atoms with Gasteiger partial charge in [0.05, 0.1) is 5.56 Å². The Morgan fingerprint density at radius 3 is 2.40 bits per heavy atom. The van der Waals surface area contributed by atoms with Crippen molar-refractivity contribution >= 4 is 32.7 Å². The fourth-order valence-corrected chi connectivity index (χ4v) is 1.53. The molecule has 7 heteroatoms. The minimum Gasteiger partial charge on any atom is -0.410 e. The van der Waals surface area contributed by atoms with Gasteiger partial charge in [0.2, 0.25) is 0 Å². The first-order valence-corrected chi connectivity index (χ1v) is 4.77. The summed E-state index contributed by atoms with van der Waals surface area (Å²) in [5.41, 5.74) is -0.880. The molecule has 0 amide bonds. The molecule has 0 heterocycles. The van der Waals surface area contributed by atoms with Crippen molar-refractivity contribution in [1.82, 2.24) is 0 Å². The average Bonchev–Trinajstić information content (AvgIpc) is 2.14. The van der Waals surface area contributed by atoms with Gasteiger partial charge in [-0.2, -0.15) is 13.2 Å². The molecule has 0 aliphatic carbocycles. The van der Waals surface area contributed by atoms with Crippen LogP contribution in [-0.2, 0) is 6.18 Å². The molecule has 0 radical (unpaired) electrons. The van der Waals surface area contributed by atoms with Gasteiger partial charge in [-0.3, -0.25) is 0 Å². The molecule has 1 N–H and O–H groups in total. The summed E-state index contributed by atoms with van der Waals surface area (Å²) in [6.07, 6.45) is -4.47. The number of halogens is 5. The highest BCUT2D eigenvalue weighted by Crippen LogP contribution is 2.32. The quantitative estimate of drug-likeness (QED) is 0.477.